The second kappa shape index (κ2) is 7.86. The van der Waals surface area contributed by atoms with Crippen LogP contribution < -0.4 is 4.74 Å². The van der Waals surface area contributed by atoms with E-state index in [1.165, 1.54) is 0 Å². The molecule has 6 nitrogen and oxygen atoms in total. The number of aromatic nitrogens is 2. The number of hydrogen-bond donors (Lipinski definition) is 0. The summed E-state index contributed by atoms with van der Waals surface area (Å²) in [4.78, 5) is 17.6. The average Bonchev–Trinajstić information content (AvgIpc) is 3.19. The molecule has 2 heterocycles. The molecule has 1 aliphatic rings. The fourth-order valence-electron chi connectivity index (χ4n) is 3.63. The molecular formula is C22H24N4O2. The van der Waals surface area contributed by atoms with Gasteiger partial charge in [-0.15, -0.1) is 0 Å². The lowest BCUT2D eigenvalue weighted by molar-refractivity contribution is 0.0489. The van der Waals surface area contributed by atoms with Gasteiger partial charge in [0.2, 0.25) is 0 Å². The second-order valence-corrected chi connectivity index (χ2v) is 7.01. The fourth-order valence-corrected chi connectivity index (χ4v) is 3.63. The number of piperazine rings is 1. The Balaban J connectivity index is 1.68. The summed E-state index contributed by atoms with van der Waals surface area (Å²) in [6.45, 7) is 2.27. The number of benzene rings is 2. The van der Waals surface area contributed by atoms with Crippen molar-refractivity contribution < 1.29 is 9.53 Å². The van der Waals surface area contributed by atoms with Crippen molar-refractivity contribution in [2.75, 3.05) is 33.8 Å². The largest absolute Gasteiger partial charge is 0.493 e. The van der Waals surface area contributed by atoms with Crippen molar-refractivity contribution in [2.45, 2.75) is 6.04 Å². The first-order valence-electron chi connectivity index (χ1n) is 9.41. The van der Waals surface area contributed by atoms with E-state index in [0.29, 0.717) is 18.0 Å². The predicted molar refractivity (Wildman–Crippen MR) is 108 cm³/mol. The molecule has 28 heavy (non-hydrogen) atoms. The van der Waals surface area contributed by atoms with Crippen LogP contribution in [0, 0.1) is 0 Å². The molecule has 3 aromatic rings. The Morgan fingerprint density at radius 3 is 2.39 bits per heavy atom. The van der Waals surface area contributed by atoms with Crippen LogP contribution in [0.4, 0.5) is 0 Å². The van der Waals surface area contributed by atoms with Crippen molar-refractivity contribution in [3.63, 3.8) is 0 Å². The number of nitrogens with zero attached hydrogens (tertiary/aromatic N) is 4. The highest BCUT2D eigenvalue weighted by Gasteiger charge is 2.33. The molecule has 0 N–H and O–H groups in total. The Kier molecular flexibility index (Phi) is 5.12. The minimum Gasteiger partial charge on any atom is -0.493 e. The summed E-state index contributed by atoms with van der Waals surface area (Å²) in [5, 5.41) is 4.56. The van der Waals surface area contributed by atoms with Crippen LogP contribution in [0.2, 0.25) is 0 Å². The normalized spacial score (nSPS) is 17.5. The summed E-state index contributed by atoms with van der Waals surface area (Å²) in [6.07, 6.45) is 1.76. The van der Waals surface area contributed by atoms with E-state index in [9.17, 15) is 4.79 Å². The second-order valence-electron chi connectivity index (χ2n) is 7.01. The number of rotatable bonds is 4. The van der Waals surface area contributed by atoms with Crippen LogP contribution in [0.5, 0.6) is 5.75 Å². The molecule has 1 unspecified atom stereocenters. The summed E-state index contributed by atoms with van der Waals surface area (Å²) in [5.74, 6) is 0.382. The molecule has 4 rings (SSSR count). The van der Waals surface area contributed by atoms with Crippen LogP contribution in [0.3, 0.4) is 0 Å². The molecule has 1 amide bonds. The van der Waals surface area contributed by atoms with Crippen molar-refractivity contribution in [1.29, 1.82) is 0 Å². The molecule has 1 saturated heterocycles. The lowest BCUT2D eigenvalue weighted by atomic mass is 10.0. The molecule has 1 atom stereocenters. The van der Waals surface area contributed by atoms with Gasteiger partial charge in [-0.1, -0.05) is 48.5 Å². The van der Waals surface area contributed by atoms with Crippen molar-refractivity contribution in [1.82, 2.24) is 19.6 Å². The van der Waals surface area contributed by atoms with Gasteiger partial charge in [0.1, 0.15) is 0 Å². The van der Waals surface area contributed by atoms with E-state index in [1.807, 2.05) is 53.4 Å². The number of carbonyl (C=O) groups excluding carboxylic acids is 1. The third-order valence-corrected chi connectivity index (χ3v) is 5.15. The van der Waals surface area contributed by atoms with Crippen molar-refractivity contribution in [3.05, 3.63) is 78.1 Å². The maximum Gasteiger partial charge on any atom is 0.278 e. The maximum absolute atomic E-state index is 13.5. The van der Waals surface area contributed by atoms with E-state index in [2.05, 4.69) is 29.2 Å². The summed E-state index contributed by atoms with van der Waals surface area (Å²) in [7, 11) is 3.66. The van der Waals surface area contributed by atoms with Gasteiger partial charge in [0.15, 0.2) is 11.4 Å². The SMILES string of the molecule is COc1cn(-c2ccccc2)nc1C(=O)N1CCN(C)CC1c1ccccc1. The first kappa shape index (κ1) is 18.3. The molecule has 1 fully saturated rings. The number of amides is 1. The van der Waals surface area contributed by atoms with Gasteiger partial charge >= 0.3 is 0 Å². The maximum atomic E-state index is 13.5. The van der Waals surface area contributed by atoms with Gasteiger partial charge in [-0.05, 0) is 24.7 Å². The average molecular weight is 376 g/mol. The minimum atomic E-state index is -0.103. The van der Waals surface area contributed by atoms with Crippen molar-refractivity contribution in [3.8, 4) is 11.4 Å². The number of likely N-dealkylation sites (N-methyl/N-ethyl adjacent to an activating group) is 1. The van der Waals surface area contributed by atoms with E-state index >= 15 is 0 Å². The van der Waals surface area contributed by atoms with E-state index in [-0.39, 0.29) is 11.9 Å². The Morgan fingerprint density at radius 2 is 1.71 bits per heavy atom. The van der Waals surface area contributed by atoms with Gasteiger partial charge in [0.05, 0.1) is 25.0 Å². The number of para-hydroxylation sites is 1. The number of hydrogen-bond acceptors (Lipinski definition) is 4. The smallest absolute Gasteiger partial charge is 0.278 e. The van der Waals surface area contributed by atoms with E-state index in [0.717, 1.165) is 24.3 Å². The zero-order valence-corrected chi connectivity index (χ0v) is 16.2. The molecule has 1 aliphatic heterocycles. The number of carbonyl (C=O) groups is 1. The molecule has 0 aliphatic carbocycles. The summed E-state index contributed by atoms with van der Waals surface area (Å²) in [6, 6.07) is 19.9. The summed E-state index contributed by atoms with van der Waals surface area (Å²) >= 11 is 0. The Morgan fingerprint density at radius 1 is 1.04 bits per heavy atom. The number of ether oxygens (including phenoxy) is 1. The molecule has 1 aromatic heterocycles. The number of methoxy groups -OCH3 is 1. The highest BCUT2D eigenvalue weighted by atomic mass is 16.5. The lowest BCUT2D eigenvalue weighted by Crippen LogP contribution is -2.49. The van der Waals surface area contributed by atoms with Gasteiger partial charge in [-0.25, -0.2) is 4.68 Å². The highest BCUT2D eigenvalue weighted by molar-refractivity contribution is 5.95. The molecule has 0 saturated carbocycles. The Labute approximate surface area is 164 Å². The van der Waals surface area contributed by atoms with Crippen LogP contribution in [-0.2, 0) is 0 Å². The topological polar surface area (TPSA) is 50.6 Å². The Hall–Kier alpha value is -3.12. The molecule has 0 bridgehead atoms. The van der Waals surface area contributed by atoms with E-state index in [4.69, 9.17) is 4.74 Å². The van der Waals surface area contributed by atoms with Crippen LogP contribution in [0.1, 0.15) is 22.1 Å². The third-order valence-electron chi connectivity index (χ3n) is 5.15. The molecule has 2 aromatic carbocycles. The molecule has 0 radical (unpaired) electrons. The lowest BCUT2D eigenvalue weighted by Gasteiger charge is -2.40. The van der Waals surface area contributed by atoms with Crippen LogP contribution in [0.15, 0.2) is 66.9 Å². The van der Waals surface area contributed by atoms with E-state index < -0.39 is 0 Å². The van der Waals surface area contributed by atoms with Crippen LogP contribution in [-0.4, -0.2) is 59.3 Å². The van der Waals surface area contributed by atoms with Gasteiger partial charge in [0.25, 0.3) is 5.91 Å². The standard InChI is InChI=1S/C22H24N4O2/c1-24-13-14-25(19(15-24)17-9-5-3-6-10-17)22(27)21-20(28-2)16-26(23-21)18-11-7-4-8-12-18/h3-12,16,19H,13-15H2,1-2H3. The van der Waals surface area contributed by atoms with Crippen LogP contribution >= 0.6 is 0 Å². The zero-order valence-electron chi connectivity index (χ0n) is 16.2. The molecule has 0 spiro atoms. The van der Waals surface area contributed by atoms with Gasteiger partial charge in [-0.3, -0.25) is 4.79 Å². The van der Waals surface area contributed by atoms with Gasteiger partial charge < -0.3 is 14.5 Å². The Bertz CT molecular complexity index is 940. The quantitative estimate of drug-likeness (QED) is 0.702. The van der Waals surface area contributed by atoms with E-state index in [1.54, 1.807) is 18.0 Å². The third kappa shape index (κ3) is 3.51. The van der Waals surface area contributed by atoms with Gasteiger partial charge in [-0.2, -0.15) is 5.10 Å². The zero-order chi connectivity index (χ0) is 19.5. The fraction of sp³-hybridized carbons (Fsp3) is 0.273. The molecule has 144 valence electrons. The van der Waals surface area contributed by atoms with Crippen molar-refractivity contribution >= 4 is 5.91 Å². The monoisotopic (exact) mass is 376 g/mol. The van der Waals surface area contributed by atoms with Gasteiger partial charge in [0, 0.05) is 19.6 Å². The molecular weight excluding hydrogens is 352 g/mol. The predicted octanol–water partition coefficient (Wildman–Crippen LogP) is 3.01. The van der Waals surface area contributed by atoms with Crippen LogP contribution in [0.25, 0.3) is 5.69 Å². The first-order chi connectivity index (χ1) is 13.7. The summed E-state index contributed by atoms with van der Waals surface area (Å²) in [5.41, 5.74) is 2.36. The summed E-state index contributed by atoms with van der Waals surface area (Å²) < 4.78 is 7.17. The van der Waals surface area contributed by atoms with Crippen molar-refractivity contribution in [2.24, 2.45) is 0 Å². The first-order valence-corrected chi connectivity index (χ1v) is 9.41. The minimum absolute atomic E-state index is 0.0148. The molecule has 6 heteroatoms. The highest BCUT2D eigenvalue weighted by Crippen LogP contribution is 2.29.